The van der Waals surface area contributed by atoms with Crippen molar-refractivity contribution in [3.05, 3.63) is 29.8 Å². The summed E-state index contributed by atoms with van der Waals surface area (Å²) in [4.78, 5) is 14.6. The summed E-state index contributed by atoms with van der Waals surface area (Å²) in [5.41, 5.74) is 1.38. The number of rotatable bonds is 6. The summed E-state index contributed by atoms with van der Waals surface area (Å²) in [6.07, 6.45) is 3.06. The van der Waals surface area contributed by atoms with Crippen LogP contribution in [0.25, 0.3) is 0 Å². The molecule has 0 radical (unpaired) electrons. The Labute approximate surface area is 152 Å². The van der Waals surface area contributed by atoms with E-state index in [2.05, 4.69) is 50.2 Å². The Bertz CT molecular complexity index is 540. The molecule has 1 aliphatic rings. The summed E-state index contributed by atoms with van der Waals surface area (Å²) < 4.78 is 5.78. The van der Waals surface area contributed by atoms with Crippen LogP contribution in [-0.2, 0) is 10.2 Å². The molecule has 4 heteroatoms. The van der Waals surface area contributed by atoms with Crippen LogP contribution in [0.2, 0.25) is 0 Å². The van der Waals surface area contributed by atoms with Crippen LogP contribution in [0.4, 0.5) is 0 Å². The number of nitrogens with zero attached hydrogens (tertiary/aromatic N) is 1. The Morgan fingerprint density at radius 2 is 1.84 bits per heavy atom. The van der Waals surface area contributed by atoms with Gasteiger partial charge in [-0.3, -0.25) is 4.79 Å². The van der Waals surface area contributed by atoms with Gasteiger partial charge in [-0.05, 0) is 75.4 Å². The number of nitrogens with one attached hydrogen (secondary N) is 1. The highest BCUT2D eigenvalue weighted by atomic mass is 16.5. The molecule has 1 aromatic rings. The standard InChI is InChI=1S/C21H34N2O2/c1-16(25-19-8-6-18(7-9-19)21(2,3)4)20(24)22-13-10-17-11-14-23(5)15-12-17/h6-9,16-17H,10-15H2,1-5H3,(H,22,24)/t16-/m1/s1. The quantitative estimate of drug-likeness (QED) is 0.856. The third-order valence-electron chi connectivity index (χ3n) is 5.09. The zero-order valence-corrected chi connectivity index (χ0v) is 16.5. The zero-order valence-electron chi connectivity index (χ0n) is 16.5. The molecule has 0 aliphatic carbocycles. The van der Waals surface area contributed by atoms with Gasteiger partial charge in [0.15, 0.2) is 6.10 Å². The van der Waals surface area contributed by atoms with Crippen LogP contribution in [-0.4, -0.2) is 43.6 Å². The first-order valence-corrected chi connectivity index (χ1v) is 9.49. The molecule has 2 rings (SSSR count). The Balaban J connectivity index is 1.72. The van der Waals surface area contributed by atoms with E-state index < -0.39 is 6.10 Å². The van der Waals surface area contributed by atoms with Gasteiger partial charge in [-0.1, -0.05) is 32.9 Å². The molecule has 1 atom stereocenters. The van der Waals surface area contributed by atoms with Gasteiger partial charge in [-0.15, -0.1) is 0 Å². The number of piperidine rings is 1. The van der Waals surface area contributed by atoms with Gasteiger partial charge >= 0.3 is 0 Å². The van der Waals surface area contributed by atoms with Gasteiger partial charge in [-0.2, -0.15) is 0 Å². The molecule has 1 saturated heterocycles. The SMILES string of the molecule is C[C@@H](Oc1ccc(C(C)(C)C)cc1)C(=O)NCCC1CCN(C)CC1. The van der Waals surface area contributed by atoms with Gasteiger partial charge in [0, 0.05) is 6.54 Å². The van der Waals surface area contributed by atoms with Crippen molar-refractivity contribution in [1.29, 1.82) is 0 Å². The van der Waals surface area contributed by atoms with Crippen molar-refractivity contribution >= 4 is 5.91 Å². The van der Waals surface area contributed by atoms with Crippen LogP contribution in [0.5, 0.6) is 5.75 Å². The van der Waals surface area contributed by atoms with Crippen LogP contribution >= 0.6 is 0 Å². The topological polar surface area (TPSA) is 41.6 Å². The van der Waals surface area contributed by atoms with Crippen LogP contribution < -0.4 is 10.1 Å². The zero-order chi connectivity index (χ0) is 18.4. The highest BCUT2D eigenvalue weighted by Crippen LogP contribution is 2.24. The predicted molar refractivity (Wildman–Crippen MR) is 103 cm³/mol. The maximum absolute atomic E-state index is 12.2. The van der Waals surface area contributed by atoms with Crippen molar-refractivity contribution in [2.24, 2.45) is 5.92 Å². The van der Waals surface area contributed by atoms with Crippen molar-refractivity contribution in [3.63, 3.8) is 0 Å². The van der Waals surface area contributed by atoms with Crippen molar-refractivity contribution in [2.75, 3.05) is 26.7 Å². The summed E-state index contributed by atoms with van der Waals surface area (Å²) >= 11 is 0. The van der Waals surface area contributed by atoms with Gasteiger partial charge in [0.2, 0.25) is 0 Å². The smallest absolute Gasteiger partial charge is 0.260 e. The molecule has 4 nitrogen and oxygen atoms in total. The number of amides is 1. The highest BCUT2D eigenvalue weighted by molar-refractivity contribution is 5.80. The minimum Gasteiger partial charge on any atom is -0.481 e. The number of benzene rings is 1. The number of ether oxygens (including phenoxy) is 1. The number of hydrogen-bond acceptors (Lipinski definition) is 3. The average molecular weight is 347 g/mol. The molecule has 1 N–H and O–H groups in total. The normalized spacial score (nSPS) is 18.0. The van der Waals surface area contributed by atoms with E-state index in [1.165, 1.54) is 31.5 Å². The third kappa shape index (κ3) is 6.35. The van der Waals surface area contributed by atoms with Crippen molar-refractivity contribution < 1.29 is 9.53 Å². The first-order valence-electron chi connectivity index (χ1n) is 9.49. The van der Waals surface area contributed by atoms with Crippen LogP contribution in [0.3, 0.4) is 0 Å². The van der Waals surface area contributed by atoms with E-state index in [1.54, 1.807) is 0 Å². The summed E-state index contributed by atoms with van der Waals surface area (Å²) in [5, 5.41) is 3.02. The van der Waals surface area contributed by atoms with Crippen LogP contribution in [0.15, 0.2) is 24.3 Å². The van der Waals surface area contributed by atoms with Gasteiger partial charge < -0.3 is 15.0 Å². The Morgan fingerprint density at radius 1 is 1.24 bits per heavy atom. The van der Waals surface area contributed by atoms with Crippen molar-refractivity contribution in [3.8, 4) is 5.75 Å². The average Bonchev–Trinajstić information content (AvgIpc) is 2.56. The lowest BCUT2D eigenvalue weighted by Crippen LogP contribution is -2.38. The Kier molecular flexibility index (Phi) is 6.88. The molecule has 1 aliphatic heterocycles. The molecule has 1 aromatic carbocycles. The third-order valence-corrected chi connectivity index (χ3v) is 5.09. The first kappa shape index (κ1) is 19.8. The molecule has 0 spiro atoms. The van der Waals surface area contributed by atoms with Gasteiger partial charge in [0.25, 0.3) is 5.91 Å². The molecular formula is C21H34N2O2. The molecule has 0 aromatic heterocycles. The molecule has 0 unspecified atom stereocenters. The fraction of sp³-hybridized carbons (Fsp3) is 0.667. The lowest BCUT2D eigenvalue weighted by Gasteiger charge is -2.29. The molecule has 140 valence electrons. The highest BCUT2D eigenvalue weighted by Gasteiger charge is 2.19. The number of carbonyl (C=O) groups is 1. The Morgan fingerprint density at radius 3 is 2.40 bits per heavy atom. The molecule has 0 bridgehead atoms. The molecule has 1 amide bonds. The monoisotopic (exact) mass is 346 g/mol. The number of carbonyl (C=O) groups excluding carboxylic acids is 1. The minimum absolute atomic E-state index is 0.0344. The maximum atomic E-state index is 12.2. The largest absolute Gasteiger partial charge is 0.481 e. The van der Waals surface area contributed by atoms with Crippen molar-refractivity contribution in [1.82, 2.24) is 10.2 Å². The lowest BCUT2D eigenvalue weighted by atomic mass is 9.87. The molecule has 0 saturated carbocycles. The van der Waals surface area contributed by atoms with Gasteiger partial charge in [0.1, 0.15) is 5.75 Å². The minimum atomic E-state index is -0.474. The maximum Gasteiger partial charge on any atom is 0.260 e. The second kappa shape index (κ2) is 8.70. The van der Waals surface area contributed by atoms with Crippen LogP contribution in [0, 0.1) is 5.92 Å². The molecule has 1 fully saturated rings. The molecule has 1 heterocycles. The van der Waals surface area contributed by atoms with E-state index in [9.17, 15) is 4.79 Å². The second-order valence-corrected chi connectivity index (χ2v) is 8.36. The summed E-state index contributed by atoms with van der Waals surface area (Å²) in [6, 6.07) is 8.03. The molecule has 25 heavy (non-hydrogen) atoms. The van der Waals surface area contributed by atoms with E-state index in [-0.39, 0.29) is 11.3 Å². The van der Waals surface area contributed by atoms with E-state index in [1.807, 2.05) is 19.1 Å². The Hall–Kier alpha value is -1.55. The first-order chi connectivity index (χ1) is 11.8. The van der Waals surface area contributed by atoms with Crippen molar-refractivity contribution in [2.45, 2.75) is 58.5 Å². The summed E-state index contributed by atoms with van der Waals surface area (Å²) in [5.74, 6) is 1.44. The molecular weight excluding hydrogens is 312 g/mol. The van der Waals surface area contributed by atoms with Gasteiger partial charge in [0.05, 0.1) is 0 Å². The van der Waals surface area contributed by atoms with E-state index in [0.717, 1.165) is 24.6 Å². The lowest BCUT2D eigenvalue weighted by molar-refractivity contribution is -0.127. The fourth-order valence-corrected chi connectivity index (χ4v) is 3.19. The van der Waals surface area contributed by atoms with E-state index in [0.29, 0.717) is 0 Å². The fourth-order valence-electron chi connectivity index (χ4n) is 3.19. The number of likely N-dealkylation sites (tertiary alicyclic amines) is 1. The van der Waals surface area contributed by atoms with E-state index >= 15 is 0 Å². The van der Waals surface area contributed by atoms with Crippen LogP contribution in [0.1, 0.15) is 52.5 Å². The predicted octanol–water partition coefficient (Wildman–Crippen LogP) is 3.60. The summed E-state index contributed by atoms with van der Waals surface area (Å²) in [6.45, 7) is 11.4. The number of hydrogen-bond donors (Lipinski definition) is 1. The van der Waals surface area contributed by atoms with Gasteiger partial charge in [-0.25, -0.2) is 0 Å². The second-order valence-electron chi connectivity index (χ2n) is 8.36. The van der Waals surface area contributed by atoms with E-state index in [4.69, 9.17) is 4.74 Å². The summed E-state index contributed by atoms with van der Waals surface area (Å²) in [7, 11) is 2.17.